The van der Waals surface area contributed by atoms with Gasteiger partial charge in [-0.25, -0.2) is 14.6 Å². The van der Waals surface area contributed by atoms with Gasteiger partial charge in [-0.15, -0.1) is 23.1 Å². The first-order chi connectivity index (χ1) is 15.7. The maximum absolute atomic E-state index is 13.1. The molecule has 0 aliphatic carbocycles. The van der Waals surface area contributed by atoms with E-state index in [0.717, 1.165) is 16.2 Å². The normalized spacial score (nSPS) is 20.6. The van der Waals surface area contributed by atoms with Gasteiger partial charge < -0.3 is 25.7 Å². The average molecular weight is 512 g/mol. The van der Waals surface area contributed by atoms with Crippen molar-refractivity contribution in [3.05, 3.63) is 22.8 Å². The van der Waals surface area contributed by atoms with E-state index < -0.39 is 46.4 Å². The number of β-lactam (4-membered cyclic amide) rings is 1. The first-order valence-electron chi connectivity index (χ1n) is 10.1. The van der Waals surface area contributed by atoms with Gasteiger partial charge in [-0.05, 0) is 40.7 Å². The molecule has 4 N–H and O–H groups in total. The summed E-state index contributed by atoms with van der Waals surface area (Å²) in [6, 6.07) is -0.972. The first kappa shape index (κ1) is 25.5. The molecule has 3 rings (SSSR count). The van der Waals surface area contributed by atoms with Gasteiger partial charge >= 0.3 is 11.9 Å². The van der Waals surface area contributed by atoms with E-state index in [2.05, 4.69) is 15.5 Å². The summed E-state index contributed by atoms with van der Waals surface area (Å²) < 4.78 is 5.33. The Morgan fingerprint density at radius 2 is 1.97 bits per heavy atom. The van der Waals surface area contributed by atoms with Gasteiger partial charge in [-0.1, -0.05) is 5.16 Å². The molecule has 1 unspecified atom stereocenters. The van der Waals surface area contributed by atoms with Crippen molar-refractivity contribution in [2.24, 2.45) is 5.16 Å². The number of nitrogens with zero attached hydrogens (tertiary/aromatic N) is 3. The van der Waals surface area contributed by atoms with Gasteiger partial charge in [0.15, 0.2) is 10.8 Å². The summed E-state index contributed by atoms with van der Waals surface area (Å²) in [5.41, 5.74) is 3.05. The van der Waals surface area contributed by atoms with E-state index in [9.17, 15) is 24.3 Å². The number of anilines is 1. The van der Waals surface area contributed by atoms with Gasteiger partial charge in [0.25, 0.3) is 11.8 Å². The standard InChI is InChI=1S/C20H25N5O7S2/c1-19(2,3)31-17(30)20(4,5)32-24-11(9-8-34-18(21)22-9)13(26)23-12-14(27)25-10(16(28)29)6-7-33-15(12)25/h6,8,12,15H,7H2,1-5H3,(H2,21,22)(H,23,26)(H,28,29)/b24-11-/t12?,15-/m0/s1. The second-order valence-corrected chi connectivity index (χ2v) is 10.9. The Hall–Kier alpha value is -3.13. The Morgan fingerprint density at radius 1 is 1.29 bits per heavy atom. The highest BCUT2D eigenvalue weighted by Crippen LogP contribution is 2.37. The number of hydrogen-bond donors (Lipinski definition) is 3. The van der Waals surface area contributed by atoms with Crippen LogP contribution in [0.2, 0.25) is 0 Å². The van der Waals surface area contributed by atoms with Gasteiger partial charge in [-0.2, -0.15) is 0 Å². The molecule has 2 aliphatic heterocycles. The van der Waals surface area contributed by atoms with Crippen LogP contribution < -0.4 is 11.1 Å². The topological polar surface area (TPSA) is 174 Å². The summed E-state index contributed by atoms with van der Waals surface area (Å²) in [5, 5.41) is 16.8. The minimum Gasteiger partial charge on any atom is -0.477 e. The number of carbonyl (C=O) groups excluding carboxylic acids is 3. The number of fused-ring (bicyclic) bond motifs is 1. The SMILES string of the molecule is CC(C)(C)OC(=O)C(C)(C)O/N=C(\C(=O)NC1C(=O)N2C(C(=O)O)=CCS[C@@H]12)c1csc(N)n1. The molecule has 1 saturated heterocycles. The van der Waals surface area contributed by atoms with Crippen LogP contribution >= 0.6 is 23.1 Å². The number of nitrogens with one attached hydrogen (secondary N) is 1. The van der Waals surface area contributed by atoms with Gasteiger partial charge in [0.2, 0.25) is 5.60 Å². The van der Waals surface area contributed by atoms with Crippen molar-refractivity contribution in [2.75, 3.05) is 11.5 Å². The summed E-state index contributed by atoms with van der Waals surface area (Å²) in [6.45, 7) is 7.97. The maximum atomic E-state index is 13.1. The molecule has 0 aromatic carbocycles. The molecule has 2 amide bonds. The lowest BCUT2D eigenvalue weighted by atomic mass is 10.0. The number of thioether (sulfide) groups is 1. The monoisotopic (exact) mass is 511 g/mol. The largest absolute Gasteiger partial charge is 0.477 e. The number of thiazole rings is 1. The number of aliphatic carboxylic acids is 1. The fourth-order valence-corrected chi connectivity index (χ4v) is 4.69. The molecular formula is C20H25N5O7S2. The molecule has 1 aromatic rings. The molecule has 0 saturated carbocycles. The zero-order valence-electron chi connectivity index (χ0n) is 19.1. The van der Waals surface area contributed by atoms with E-state index in [0.29, 0.717) is 5.75 Å². The number of hydrogen-bond acceptors (Lipinski definition) is 11. The van der Waals surface area contributed by atoms with Crippen LogP contribution in [0.5, 0.6) is 0 Å². The van der Waals surface area contributed by atoms with E-state index in [1.165, 1.54) is 37.1 Å². The Bertz CT molecular complexity index is 1090. The minimum atomic E-state index is -1.54. The summed E-state index contributed by atoms with van der Waals surface area (Å²) in [7, 11) is 0. The summed E-state index contributed by atoms with van der Waals surface area (Å²) in [5.74, 6) is -2.90. The summed E-state index contributed by atoms with van der Waals surface area (Å²) in [6.07, 6.45) is 1.44. The van der Waals surface area contributed by atoms with E-state index in [1.807, 2.05) is 0 Å². The lowest BCUT2D eigenvalue weighted by molar-refractivity contribution is -0.179. The highest BCUT2D eigenvalue weighted by molar-refractivity contribution is 8.00. The number of esters is 1. The van der Waals surface area contributed by atoms with Crippen molar-refractivity contribution in [1.82, 2.24) is 15.2 Å². The molecule has 2 atom stereocenters. The number of carboxylic acids is 1. The average Bonchev–Trinajstić information content (AvgIpc) is 3.15. The van der Waals surface area contributed by atoms with Crippen molar-refractivity contribution in [3.63, 3.8) is 0 Å². The lowest BCUT2D eigenvalue weighted by Crippen LogP contribution is -2.70. The van der Waals surface area contributed by atoms with Crippen LogP contribution in [-0.2, 0) is 28.8 Å². The van der Waals surface area contributed by atoms with Gasteiger partial charge in [0.1, 0.15) is 28.4 Å². The maximum Gasteiger partial charge on any atom is 0.353 e. The molecule has 1 aromatic heterocycles. The number of rotatable bonds is 7. The number of amides is 2. The van der Waals surface area contributed by atoms with Crippen molar-refractivity contribution >= 4 is 57.7 Å². The van der Waals surface area contributed by atoms with E-state index >= 15 is 0 Å². The van der Waals surface area contributed by atoms with Crippen molar-refractivity contribution in [2.45, 2.75) is 57.2 Å². The van der Waals surface area contributed by atoms with Crippen molar-refractivity contribution in [1.29, 1.82) is 0 Å². The van der Waals surface area contributed by atoms with Crippen molar-refractivity contribution < 1.29 is 33.9 Å². The third-order valence-electron chi connectivity index (χ3n) is 4.59. The number of carbonyl (C=O) groups is 4. The Balaban J connectivity index is 1.80. The molecule has 0 bridgehead atoms. The van der Waals surface area contributed by atoms with Crippen LogP contribution in [0.3, 0.4) is 0 Å². The molecule has 34 heavy (non-hydrogen) atoms. The minimum absolute atomic E-state index is 0.0889. The van der Waals surface area contributed by atoms with Crippen LogP contribution in [-0.4, -0.2) is 72.8 Å². The molecule has 12 nitrogen and oxygen atoms in total. The molecular weight excluding hydrogens is 486 g/mol. The number of ether oxygens (including phenoxy) is 1. The Kier molecular flexibility index (Phi) is 6.94. The zero-order valence-corrected chi connectivity index (χ0v) is 20.8. The third-order valence-corrected chi connectivity index (χ3v) is 6.44. The van der Waals surface area contributed by atoms with E-state index in [1.54, 1.807) is 20.8 Å². The predicted molar refractivity (Wildman–Crippen MR) is 125 cm³/mol. The third kappa shape index (κ3) is 5.33. The summed E-state index contributed by atoms with van der Waals surface area (Å²) in [4.78, 5) is 60.1. The molecule has 184 valence electrons. The first-order valence-corrected chi connectivity index (χ1v) is 12.0. The second-order valence-electron chi connectivity index (χ2n) is 8.89. The van der Waals surface area contributed by atoms with E-state index in [-0.39, 0.29) is 22.2 Å². The fourth-order valence-electron chi connectivity index (χ4n) is 2.95. The molecule has 1 fully saturated rings. The van der Waals surface area contributed by atoms with Crippen LogP contribution in [0.4, 0.5) is 5.13 Å². The smallest absolute Gasteiger partial charge is 0.353 e. The molecule has 3 heterocycles. The highest BCUT2D eigenvalue weighted by atomic mass is 32.2. The zero-order chi connectivity index (χ0) is 25.4. The molecule has 0 radical (unpaired) electrons. The van der Waals surface area contributed by atoms with Crippen molar-refractivity contribution in [3.8, 4) is 0 Å². The van der Waals surface area contributed by atoms with Gasteiger partial charge in [0, 0.05) is 11.1 Å². The Morgan fingerprint density at radius 3 is 2.53 bits per heavy atom. The van der Waals surface area contributed by atoms with Crippen LogP contribution in [0.1, 0.15) is 40.3 Å². The van der Waals surface area contributed by atoms with Gasteiger partial charge in [-0.3, -0.25) is 14.5 Å². The highest BCUT2D eigenvalue weighted by Gasteiger charge is 2.53. The lowest BCUT2D eigenvalue weighted by Gasteiger charge is -2.48. The van der Waals surface area contributed by atoms with Crippen LogP contribution in [0, 0.1) is 0 Å². The number of aromatic nitrogens is 1. The number of nitrogen functional groups attached to an aromatic ring is 1. The predicted octanol–water partition coefficient (Wildman–Crippen LogP) is 0.935. The number of oxime groups is 1. The number of nitrogens with two attached hydrogens (primary N) is 1. The number of carboxylic acid groups (broad SMARTS) is 1. The molecule has 2 aliphatic rings. The van der Waals surface area contributed by atoms with E-state index in [4.69, 9.17) is 15.3 Å². The van der Waals surface area contributed by atoms with Crippen LogP contribution in [0.25, 0.3) is 0 Å². The Labute approximate surface area is 203 Å². The van der Waals surface area contributed by atoms with Gasteiger partial charge in [0.05, 0.1) is 0 Å². The molecule has 0 spiro atoms. The fraction of sp³-hybridized carbons (Fsp3) is 0.500. The molecule has 14 heteroatoms. The second kappa shape index (κ2) is 9.25. The summed E-state index contributed by atoms with van der Waals surface area (Å²) >= 11 is 2.38. The quantitative estimate of drug-likeness (QED) is 0.207. The van der Waals surface area contributed by atoms with Crippen LogP contribution in [0.15, 0.2) is 22.3 Å².